The molecule has 3 aromatic rings. The van der Waals surface area contributed by atoms with Crippen molar-refractivity contribution in [1.82, 2.24) is 9.78 Å². The van der Waals surface area contributed by atoms with Crippen LogP contribution in [0.1, 0.15) is 16.1 Å². The largest absolute Gasteiger partial charge is 0.477 e. The number of aromatic carboxylic acids is 1. The van der Waals surface area contributed by atoms with Gasteiger partial charge in [0.2, 0.25) is 0 Å². The highest BCUT2D eigenvalue weighted by molar-refractivity contribution is 6.30. The molecule has 0 amide bonds. The first-order valence-corrected chi connectivity index (χ1v) is 7.19. The molecule has 0 radical (unpaired) electrons. The van der Waals surface area contributed by atoms with Crippen molar-refractivity contribution < 1.29 is 14.3 Å². The molecule has 0 aliphatic heterocycles. The second kappa shape index (κ2) is 5.85. The molecule has 0 aliphatic rings. The van der Waals surface area contributed by atoms with E-state index in [1.807, 2.05) is 31.2 Å². The number of benzene rings is 2. The van der Waals surface area contributed by atoms with Crippen molar-refractivity contribution in [3.05, 3.63) is 70.6 Å². The molecule has 3 rings (SSSR count). The molecule has 116 valence electrons. The number of halogens is 2. The molecule has 0 aliphatic carbocycles. The number of carbonyl (C=O) groups is 1. The third-order valence-corrected chi connectivity index (χ3v) is 3.71. The highest BCUT2D eigenvalue weighted by Crippen LogP contribution is 2.24. The SMILES string of the molecule is Cc1ccc(-c2cc(C(=O)O)n(-c3ccc(F)c(Cl)c3)n2)cc1. The highest BCUT2D eigenvalue weighted by Gasteiger charge is 2.17. The van der Waals surface area contributed by atoms with Crippen LogP contribution in [0.2, 0.25) is 5.02 Å². The summed E-state index contributed by atoms with van der Waals surface area (Å²) in [6, 6.07) is 13.0. The lowest BCUT2D eigenvalue weighted by Gasteiger charge is -2.05. The molecule has 0 unspecified atom stereocenters. The fourth-order valence-corrected chi connectivity index (χ4v) is 2.39. The minimum atomic E-state index is -1.13. The van der Waals surface area contributed by atoms with Crippen molar-refractivity contribution in [1.29, 1.82) is 0 Å². The van der Waals surface area contributed by atoms with Crippen LogP contribution in [0.3, 0.4) is 0 Å². The van der Waals surface area contributed by atoms with Gasteiger partial charge in [0, 0.05) is 5.56 Å². The zero-order chi connectivity index (χ0) is 16.6. The fourth-order valence-electron chi connectivity index (χ4n) is 2.21. The Labute approximate surface area is 136 Å². The molecular weight excluding hydrogens is 319 g/mol. The normalized spacial score (nSPS) is 10.7. The summed E-state index contributed by atoms with van der Waals surface area (Å²) < 4.78 is 14.5. The second-order valence-electron chi connectivity index (χ2n) is 5.10. The van der Waals surface area contributed by atoms with Gasteiger partial charge in [-0.05, 0) is 31.2 Å². The van der Waals surface area contributed by atoms with E-state index in [1.165, 1.54) is 28.9 Å². The molecule has 0 fully saturated rings. The molecule has 0 atom stereocenters. The minimum absolute atomic E-state index is 0.0248. The molecule has 6 heteroatoms. The molecule has 0 bridgehead atoms. The van der Waals surface area contributed by atoms with E-state index in [0.29, 0.717) is 11.4 Å². The third kappa shape index (κ3) is 2.96. The summed E-state index contributed by atoms with van der Waals surface area (Å²) in [5.74, 6) is -1.70. The molecular formula is C17H12ClFN2O2. The number of carboxylic acids is 1. The molecule has 1 N–H and O–H groups in total. The van der Waals surface area contributed by atoms with Gasteiger partial charge >= 0.3 is 5.97 Å². The van der Waals surface area contributed by atoms with E-state index in [4.69, 9.17) is 11.6 Å². The first kappa shape index (κ1) is 15.2. The number of rotatable bonds is 3. The predicted molar refractivity (Wildman–Crippen MR) is 85.7 cm³/mol. The summed E-state index contributed by atoms with van der Waals surface area (Å²) >= 11 is 5.77. The zero-order valence-electron chi connectivity index (χ0n) is 12.1. The van der Waals surface area contributed by atoms with Gasteiger partial charge in [0.05, 0.1) is 16.4 Å². The average Bonchev–Trinajstić information content (AvgIpc) is 2.96. The van der Waals surface area contributed by atoms with E-state index >= 15 is 0 Å². The summed E-state index contributed by atoms with van der Waals surface area (Å²) in [4.78, 5) is 11.5. The quantitative estimate of drug-likeness (QED) is 0.777. The van der Waals surface area contributed by atoms with Crippen molar-refractivity contribution in [2.75, 3.05) is 0 Å². The molecule has 23 heavy (non-hydrogen) atoms. The van der Waals surface area contributed by atoms with E-state index < -0.39 is 11.8 Å². The smallest absolute Gasteiger partial charge is 0.354 e. The molecule has 0 saturated carbocycles. The van der Waals surface area contributed by atoms with E-state index in [9.17, 15) is 14.3 Å². The van der Waals surface area contributed by atoms with E-state index in [0.717, 1.165) is 11.1 Å². The van der Waals surface area contributed by atoms with Gasteiger partial charge in [-0.3, -0.25) is 0 Å². The maximum Gasteiger partial charge on any atom is 0.354 e. The number of hydrogen-bond donors (Lipinski definition) is 1. The van der Waals surface area contributed by atoms with Crippen molar-refractivity contribution in [3.8, 4) is 16.9 Å². The Morgan fingerprint density at radius 1 is 1.17 bits per heavy atom. The van der Waals surface area contributed by atoms with Crippen molar-refractivity contribution in [2.45, 2.75) is 6.92 Å². The molecule has 1 aromatic heterocycles. The molecule has 0 saturated heterocycles. The summed E-state index contributed by atoms with van der Waals surface area (Å²) in [6.07, 6.45) is 0. The average molecular weight is 331 g/mol. The Kier molecular flexibility index (Phi) is 3.88. The van der Waals surface area contributed by atoms with Crippen LogP contribution in [-0.2, 0) is 0 Å². The van der Waals surface area contributed by atoms with Crippen molar-refractivity contribution in [2.24, 2.45) is 0 Å². The molecule has 2 aromatic carbocycles. The summed E-state index contributed by atoms with van der Waals surface area (Å²) in [5, 5.41) is 13.6. The zero-order valence-corrected chi connectivity index (χ0v) is 12.9. The number of carboxylic acid groups (broad SMARTS) is 1. The Hall–Kier alpha value is -2.66. The Morgan fingerprint density at radius 2 is 1.87 bits per heavy atom. The fraction of sp³-hybridized carbons (Fsp3) is 0.0588. The lowest BCUT2D eigenvalue weighted by molar-refractivity contribution is 0.0687. The lowest BCUT2D eigenvalue weighted by atomic mass is 10.1. The number of aromatic nitrogens is 2. The van der Waals surface area contributed by atoms with E-state index in [-0.39, 0.29) is 10.7 Å². The number of hydrogen-bond acceptors (Lipinski definition) is 2. The Morgan fingerprint density at radius 3 is 2.48 bits per heavy atom. The standard InChI is InChI=1S/C17H12ClFN2O2/c1-10-2-4-11(5-3-10)15-9-16(17(22)23)21(20-15)12-6-7-14(19)13(18)8-12/h2-9H,1H3,(H,22,23). The van der Waals surface area contributed by atoms with Crippen LogP contribution in [0.15, 0.2) is 48.5 Å². The topological polar surface area (TPSA) is 55.1 Å². The van der Waals surface area contributed by atoms with Crippen LogP contribution < -0.4 is 0 Å². The second-order valence-corrected chi connectivity index (χ2v) is 5.50. The lowest BCUT2D eigenvalue weighted by Crippen LogP contribution is -2.08. The van der Waals surface area contributed by atoms with Crippen LogP contribution >= 0.6 is 11.6 Å². The van der Waals surface area contributed by atoms with Gasteiger partial charge in [-0.25, -0.2) is 13.9 Å². The predicted octanol–water partition coefficient (Wildman–Crippen LogP) is 4.34. The van der Waals surface area contributed by atoms with E-state index in [1.54, 1.807) is 0 Å². The van der Waals surface area contributed by atoms with Crippen molar-refractivity contribution in [3.63, 3.8) is 0 Å². The van der Waals surface area contributed by atoms with Crippen LogP contribution in [0, 0.1) is 12.7 Å². The van der Waals surface area contributed by atoms with Crippen LogP contribution in [0.25, 0.3) is 16.9 Å². The van der Waals surface area contributed by atoms with Gasteiger partial charge in [0.1, 0.15) is 5.82 Å². The maximum atomic E-state index is 13.3. The van der Waals surface area contributed by atoms with E-state index in [2.05, 4.69) is 5.10 Å². The molecule has 0 spiro atoms. The maximum absolute atomic E-state index is 13.3. The summed E-state index contributed by atoms with van der Waals surface area (Å²) in [6.45, 7) is 1.96. The van der Waals surface area contributed by atoms with Gasteiger partial charge < -0.3 is 5.11 Å². The van der Waals surface area contributed by atoms with Crippen LogP contribution in [0.5, 0.6) is 0 Å². The van der Waals surface area contributed by atoms with Gasteiger partial charge in [-0.2, -0.15) is 5.10 Å². The van der Waals surface area contributed by atoms with Crippen LogP contribution in [0.4, 0.5) is 4.39 Å². The highest BCUT2D eigenvalue weighted by atomic mass is 35.5. The Balaban J connectivity index is 2.14. The van der Waals surface area contributed by atoms with Gasteiger partial charge in [0.15, 0.2) is 5.69 Å². The first-order chi connectivity index (χ1) is 11.0. The van der Waals surface area contributed by atoms with Gasteiger partial charge in [-0.15, -0.1) is 0 Å². The third-order valence-electron chi connectivity index (χ3n) is 3.42. The minimum Gasteiger partial charge on any atom is -0.477 e. The van der Waals surface area contributed by atoms with Crippen LogP contribution in [-0.4, -0.2) is 20.9 Å². The first-order valence-electron chi connectivity index (χ1n) is 6.81. The van der Waals surface area contributed by atoms with Gasteiger partial charge in [-0.1, -0.05) is 41.4 Å². The number of aryl methyl sites for hydroxylation is 1. The monoisotopic (exact) mass is 330 g/mol. The molecule has 1 heterocycles. The van der Waals surface area contributed by atoms with Crippen molar-refractivity contribution >= 4 is 17.6 Å². The summed E-state index contributed by atoms with van der Waals surface area (Å²) in [5.41, 5.74) is 2.76. The Bertz CT molecular complexity index is 888. The number of nitrogens with zero attached hydrogens (tertiary/aromatic N) is 2. The van der Waals surface area contributed by atoms with Gasteiger partial charge in [0.25, 0.3) is 0 Å². The molecule has 4 nitrogen and oxygen atoms in total. The summed E-state index contributed by atoms with van der Waals surface area (Å²) in [7, 11) is 0.